The number of fused-ring (bicyclic) bond motifs is 1. The maximum Gasteiger partial charge on any atom is 0.494 e. The number of nitrogens with zero attached hydrogens (tertiary/aromatic N) is 2. The van der Waals surface area contributed by atoms with E-state index in [0.29, 0.717) is 0 Å². The van der Waals surface area contributed by atoms with Gasteiger partial charge in [0.05, 0.1) is 23.8 Å². The maximum atomic E-state index is 11.7. The highest BCUT2D eigenvalue weighted by Crippen LogP contribution is 2.36. The molecule has 0 radical (unpaired) electrons. The van der Waals surface area contributed by atoms with E-state index in [4.69, 9.17) is 14.0 Å². The molecule has 1 aromatic carbocycles. The van der Waals surface area contributed by atoms with E-state index in [9.17, 15) is 4.79 Å². The van der Waals surface area contributed by atoms with E-state index in [1.807, 2.05) is 52.1 Å². The number of benzene rings is 1. The minimum atomic E-state index is -0.470. The van der Waals surface area contributed by atoms with Crippen LogP contribution in [0.1, 0.15) is 40.7 Å². The summed E-state index contributed by atoms with van der Waals surface area (Å²) in [6.45, 7) is 9.87. The molecule has 0 amide bonds. The SMILES string of the molecule is COC(=O)C(C)n1cc2cc(B3OC(C)(C)C(C)(C)O3)ccc2n1. The van der Waals surface area contributed by atoms with Crippen LogP contribution in [0.15, 0.2) is 24.4 Å². The summed E-state index contributed by atoms with van der Waals surface area (Å²) in [6, 6.07) is 5.38. The smallest absolute Gasteiger partial charge is 0.467 e. The monoisotopic (exact) mass is 330 g/mol. The van der Waals surface area contributed by atoms with Crippen LogP contribution < -0.4 is 5.46 Å². The number of esters is 1. The first-order chi connectivity index (χ1) is 11.1. The van der Waals surface area contributed by atoms with Crippen LogP contribution in [0.2, 0.25) is 0 Å². The molecule has 0 spiro atoms. The molecular weight excluding hydrogens is 307 g/mol. The van der Waals surface area contributed by atoms with Crippen molar-refractivity contribution in [3.05, 3.63) is 24.4 Å². The van der Waals surface area contributed by atoms with Crippen LogP contribution in [-0.4, -0.2) is 41.2 Å². The van der Waals surface area contributed by atoms with Crippen LogP contribution >= 0.6 is 0 Å². The van der Waals surface area contributed by atoms with E-state index >= 15 is 0 Å². The zero-order valence-corrected chi connectivity index (χ0v) is 15.0. The average Bonchev–Trinajstić information content (AvgIpc) is 3.03. The Morgan fingerprint density at radius 1 is 1.25 bits per heavy atom. The summed E-state index contributed by atoms with van der Waals surface area (Å²) in [5.41, 5.74) is 0.990. The summed E-state index contributed by atoms with van der Waals surface area (Å²) < 4.78 is 18.6. The fraction of sp³-hybridized carbons (Fsp3) is 0.529. The van der Waals surface area contributed by atoms with Crippen molar-refractivity contribution in [3.8, 4) is 0 Å². The molecular formula is C17H23BN2O4. The van der Waals surface area contributed by atoms with Gasteiger partial charge < -0.3 is 14.0 Å². The van der Waals surface area contributed by atoms with Gasteiger partial charge >= 0.3 is 13.1 Å². The molecule has 0 aliphatic carbocycles. The molecule has 0 N–H and O–H groups in total. The third-order valence-corrected chi connectivity index (χ3v) is 5.01. The molecule has 6 nitrogen and oxygen atoms in total. The number of hydrogen-bond donors (Lipinski definition) is 0. The Bertz CT molecular complexity index is 768. The lowest BCUT2D eigenvalue weighted by Crippen LogP contribution is -2.41. The normalized spacial score (nSPS) is 20.3. The molecule has 1 atom stereocenters. The second kappa shape index (κ2) is 5.60. The van der Waals surface area contributed by atoms with Gasteiger partial charge in [-0.25, -0.2) is 4.79 Å². The third-order valence-electron chi connectivity index (χ3n) is 5.01. The largest absolute Gasteiger partial charge is 0.494 e. The zero-order valence-electron chi connectivity index (χ0n) is 15.0. The summed E-state index contributed by atoms with van der Waals surface area (Å²) in [4.78, 5) is 11.7. The van der Waals surface area contributed by atoms with Crippen LogP contribution in [-0.2, 0) is 18.8 Å². The quantitative estimate of drug-likeness (QED) is 0.637. The predicted molar refractivity (Wildman–Crippen MR) is 92.2 cm³/mol. The number of methoxy groups -OCH3 is 1. The van der Waals surface area contributed by atoms with Gasteiger partial charge in [0.2, 0.25) is 0 Å². The molecule has 1 aliphatic rings. The number of rotatable bonds is 3. The Hall–Kier alpha value is -1.86. The lowest BCUT2D eigenvalue weighted by Gasteiger charge is -2.32. The molecule has 2 heterocycles. The van der Waals surface area contributed by atoms with E-state index in [2.05, 4.69) is 5.10 Å². The van der Waals surface area contributed by atoms with Crippen molar-refractivity contribution in [2.75, 3.05) is 7.11 Å². The number of hydrogen-bond acceptors (Lipinski definition) is 5. The first-order valence-corrected chi connectivity index (χ1v) is 8.07. The summed E-state index contributed by atoms with van der Waals surface area (Å²) in [5, 5.41) is 5.37. The summed E-state index contributed by atoms with van der Waals surface area (Å²) >= 11 is 0. The molecule has 0 saturated carbocycles. The molecule has 1 aromatic heterocycles. The first kappa shape index (κ1) is 17.0. The predicted octanol–water partition coefficient (Wildman–Crippen LogP) is 2.07. The Kier molecular flexibility index (Phi) is 3.96. The second-order valence-electron chi connectivity index (χ2n) is 7.21. The van der Waals surface area contributed by atoms with Crippen LogP contribution in [0, 0.1) is 0 Å². The van der Waals surface area contributed by atoms with Crippen LogP contribution in [0.3, 0.4) is 0 Å². The lowest BCUT2D eigenvalue weighted by molar-refractivity contribution is -0.144. The molecule has 24 heavy (non-hydrogen) atoms. The van der Waals surface area contributed by atoms with E-state index in [-0.39, 0.29) is 17.2 Å². The minimum absolute atomic E-state index is 0.325. The van der Waals surface area contributed by atoms with Crippen molar-refractivity contribution < 1.29 is 18.8 Å². The summed E-state index contributed by atoms with van der Waals surface area (Å²) in [6.07, 6.45) is 1.84. The maximum absolute atomic E-state index is 11.7. The van der Waals surface area contributed by atoms with Gasteiger partial charge in [0.25, 0.3) is 0 Å². The van der Waals surface area contributed by atoms with E-state index in [1.54, 1.807) is 11.6 Å². The second-order valence-corrected chi connectivity index (χ2v) is 7.21. The number of carbonyl (C=O) groups is 1. The van der Waals surface area contributed by atoms with Gasteiger partial charge in [-0.2, -0.15) is 5.10 Å². The van der Waals surface area contributed by atoms with Crippen LogP contribution in [0.25, 0.3) is 10.9 Å². The van der Waals surface area contributed by atoms with Crippen molar-refractivity contribution in [2.24, 2.45) is 0 Å². The molecule has 2 aromatic rings. The van der Waals surface area contributed by atoms with Gasteiger partial charge in [-0.1, -0.05) is 12.1 Å². The number of ether oxygens (including phenoxy) is 1. The van der Waals surface area contributed by atoms with E-state index < -0.39 is 13.2 Å². The van der Waals surface area contributed by atoms with Crippen molar-refractivity contribution in [2.45, 2.75) is 51.9 Å². The van der Waals surface area contributed by atoms with Crippen LogP contribution in [0.4, 0.5) is 0 Å². The van der Waals surface area contributed by atoms with Crippen molar-refractivity contribution >= 4 is 29.5 Å². The fourth-order valence-corrected chi connectivity index (χ4v) is 2.67. The minimum Gasteiger partial charge on any atom is -0.467 e. The van der Waals surface area contributed by atoms with Gasteiger partial charge in [-0.05, 0) is 46.1 Å². The van der Waals surface area contributed by atoms with Crippen LogP contribution in [0.5, 0.6) is 0 Å². The zero-order chi connectivity index (χ0) is 17.7. The molecule has 3 rings (SSSR count). The van der Waals surface area contributed by atoms with Gasteiger partial charge in [0.15, 0.2) is 0 Å². The summed E-state index contributed by atoms with van der Waals surface area (Å²) in [5.74, 6) is -0.325. The molecule has 1 unspecified atom stereocenters. The van der Waals surface area contributed by atoms with Gasteiger partial charge in [-0.3, -0.25) is 4.68 Å². The van der Waals surface area contributed by atoms with E-state index in [1.165, 1.54) is 7.11 Å². The third kappa shape index (κ3) is 2.72. The number of carbonyl (C=O) groups excluding carboxylic acids is 1. The van der Waals surface area contributed by atoms with E-state index in [0.717, 1.165) is 16.4 Å². The Balaban J connectivity index is 1.91. The lowest BCUT2D eigenvalue weighted by atomic mass is 9.79. The standard InChI is InChI=1S/C17H23BN2O4/c1-11(15(21)22-6)20-10-12-9-13(7-8-14(12)19-20)18-23-16(2,3)17(4,5)24-18/h7-11H,1-6H3. The molecule has 1 fully saturated rings. The molecule has 7 heteroatoms. The molecule has 1 aliphatic heterocycles. The first-order valence-electron chi connectivity index (χ1n) is 8.07. The Labute approximate surface area is 142 Å². The molecule has 1 saturated heterocycles. The fourth-order valence-electron chi connectivity index (χ4n) is 2.67. The summed E-state index contributed by atoms with van der Waals surface area (Å²) in [7, 11) is 0.957. The molecule has 128 valence electrons. The van der Waals surface area contributed by atoms with Crippen molar-refractivity contribution in [3.63, 3.8) is 0 Å². The van der Waals surface area contributed by atoms with Gasteiger partial charge in [0, 0.05) is 11.6 Å². The van der Waals surface area contributed by atoms with Gasteiger partial charge in [0.1, 0.15) is 6.04 Å². The van der Waals surface area contributed by atoms with Crippen molar-refractivity contribution in [1.29, 1.82) is 0 Å². The Morgan fingerprint density at radius 3 is 2.46 bits per heavy atom. The average molecular weight is 330 g/mol. The topological polar surface area (TPSA) is 62.6 Å². The highest BCUT2D eigenvalue weighted by atomic mass is 16.7. The Morgan fingerprint density at radius 2 is 1.88 bits per heavy atom. The van der Waals surface area contributed by atoms with Gasteiger partial charge in [-0.15, -0.1) is 0 Å². The van der Waals surface area contributed by atoms with Crippen molar-refractivity contribution in [1.82, 2.24) is 9.78 Å². The highest BCUT2D eigenvalue weighted by molar-refractivity contribution is 6.62. The molecule has 0 bridgehead atoms. The number of aromatic nitrogens is 2. The highest BCUT2D eigenvalue weighted by Gasteiger charge is 2.51.